The molecule has 0 radical (unpaired) electrons. The highest BCUT2D eigenvalue weighted by Crippen LogP contribution is 2.38. The molecule has 0 saturated carbocycles. The Morgan fingerprint density at radius 1 is 1.39 bits per heavy atom. The minimum Gasteiger partial charge on any atom is -0.299 e. The lowest BCUT2D eigenvalue weighted by atomic mass is 9.68. The third-order valence-corrected chi connectivity index (χ3v) is 4.39. The van der Waals surface area contributed by atoms with Gasteiger partial charge in [0.25, 0.3) is 0 Å². The van der Waals surface area contributed by atoms with Crippen LogP contribution in [0, 0.1) is 5.92 Å². The van der Waals surface area contributed by atoms with Crippen LogP contribution in [-0.4, -0.2) is 24.5 Å². The van der Waals surface area contributed by atoms with Crippen LogP contribution >= 0.6 is 17.0 Å². The Hall–Kier alpha value is -0.600. The van der Waals surface area contributed by atoms with Crippen molar-refractivity contribution < 1.29 is 0 Å². The van der Waals surface area contributed by atoms with Crippen molar-refractivity contribution in [2.45, 2.75) is 25.7 Å². The van der Waals surface area contributed by atoms with Crippen molar-refractivity contribution in [3.8, 4) is 0 Å². The Morgan fingerprint density at radius 3 is 2.61 bits per heavy atom. The Balaban J connectivity index is 0.00000162. The molecule has 1 saturated heterocycles. The van der Waals surface area contributed by atoms with Crippen molar-refractivity contribution in [3.05, 3.63) is 48.6 Å². The van der Waals surface area contributed by atoms with Crippen LogP contribution in [0.2, 0.25) is 0 Å². The number of hydrogen-bond donors (Lipinski definition) is 0. The van der Waals surface area contributed by atoms with Crippen molar-refractivity contribution in [2.75, 3.05) is 19.6 Å². The summed E-state index contributed by atoms with van der Waals surface area (Å²) < 4.78 is 0. The molecule has 1 aromatic carbocycles. The van der Waals surface area contributed by atoms with Gasteiger partial charge in [0, 0.05) is 13.1 Å². The first-order valence-electron chi connectivity index (χ1n) is 6.55. The fourth-order valence-corrected chi connectivity index (χ4v) is 2.91. The van der Waals surface area contributed by atoms with Crippen LogP contribution in [0.5, 0.6) is 0 Å². The molecule has 1 aliphatic heterocycles. The van der Waals surface area contributed by atoms with E-state index in [1.54, 1.807) is 0 Å². The topological polar surface area (TPSA) is 3.24 Å². The summed E-state index contributed by atoms with van der Waals surface area (Å²) in [6.07, 6.45) is 3.25. The van der Waals surface area contributed by atoms with Gasteiger partial charge in [0.2, 0.25) is 0 Å². The normalized spacial score (nSPS) is 28.4. The van der Waals surface area contributed by atoms with Gasteiger partial charge in [-0.3, -0.25) is 4.90 Å². The van der Waals surface area contributed by atoms with Gasteiger partial charge in [-0.2, -0.15) is 0 Å². The van der Waals surface area contributed by atoms with E-state index in [-0.39, 0.29) is 17.0 Å². The minimum absolute atomic E-state index is 0. The highest BCUT2D eigenvalue weighted by atomic mass is 79.9. The van der Waals surface area contributed by atoms with E-state index < -0.39 is 0 Å². The van der Waals surface area contributed by atoms with Crippen LogP contribution in [0.3, 0.4) is 0 Å². The summed E-state index contributed by atoms with van der Waals surface area (Å²) in [5, 5.41) is 0. The molecule has 0 aromatic heterocycles. The number of piperidine rings is 1. The van der Waals surface area contributed by atoms with Crippen molar-refractivity contribution in [2.24, 2.45) is 5.92 Å². The first-order chi connectivity index (χ1) is 8.16. The molecule has 0 amide bonds. The predicted octanol–water partition coefficient (Wildman–Crippen LogP) is 4.05. The molecule has 1 heterocycles. The van der Waals surface area contributed by atoms with Crippen LogP contribution in [0.25, 0.3) is 0 Å². The average Bonchev–Trinajstić information content (AvgIpc) is 2.35. The van der Waals surface area contributed by atoms with Gasteiger partial charge in [0.1, 0.15) is 0 Å². The standard InChI is InChI=1S/C16H23N.BrH/c1-4-11-17-12-10-16(3,14(2)13-17)15-8-6-5-7-9-15;/h4-9,14H,1,10-13H2,2-3H3;1H/t14-,16+;/m0./s1. The number of likely N-dealkylation sites (tertiary alicyclic amines) is 1. The molecule has 2 heteroatoms. The smallest absolute Gasteiger partial charge is 0.0160 e. The van der Waals surface area contributed by atoms with Crippen molar-refractivity contribution in [1.82, 2.24) is 4.90 Å². The van der Waals surface area contributed by atoms with Crippen molar-refractivity contribution in [3.63, 3.8) is 0 Å². The third-order valence-electron chi connectivity index (χ3n) is 4.39. The molecule has 18 heavy (non-hydrogen) atoms. The maximum Gasteiger partial charge on any atom is 0.0160 e. The summed E-state index contributed by atoms with van der Waals surface area (Å²) in [5.74, 6) is 0.693. The van der Waals surface area contributed by atoms with Gasteiger partial charge in [0.05, 0.1) is 0 Å². The number of halogens is 1. The molecule has 0 bridgehead atoms. The number of rotatable bonds is 3. The average molecular weight is 310 g/mol. The molecule has 1 aliphatic rings. The van der Waals surface area contributed by atoms with Gasteiger partial charge < -0.3 is 0 Å². The Morgan fingerprint density at radius 2 is 2.06 bits per heavy atom. The lowest BCUT2D eigenvalue weighted by Gasteiger charge is -2.45. The Labute approximate surface area is 122 Å². The molecule has 2 rings (SSSR count). The van der Waals surface area contributed by atoms with Gasteiger partial charge in [-0.25, -0.2) is 0 Å². The monoisotopic (exact) mass is 309 g/mol. The molecular weight excluding hydrogens is 286 g/mol. The first-order valence-corrected chi connectivity index (χ1v) is 6.55. The van der Waals surface area contributed by atoms with E-state index in [9.17, 15) is 0 Å². The van der Waals surface area contributed by atoms with E-state index >= 15 is 0 Å². The van der Waals surface area contributed by atoms with E-state index in [0.29, 0.717) is 11.3 Å². The van der Waals surface area contributed by atoms with Crippen LogP contribution in [0.1, 0.15) is 25.8 Å². The van der Waals surface area contributed by atoms with Gasteiger partial charge >= 0.3 is 0 Å². The van der Waals surface area contributed by atoms with E-state index in [2.05, 4.69) is 55.7 Å². The summed E-state index contributed by atoms with van der Waals surface area (Å²) >= 11 is 0. The quantitative estimate of drug-likeness (QED) is 0.761. The highest BCUT2D eigenvalue weighted by Gasteiger charge is 2.37. The second-order valence-corrected chi connectivity index (χ2v) is 5.48. The summed E-state index contributed by atoms with van der Waals surface area (Å²) in [6, 6.07) is 11.0. The zero-order valence-corrected chi connectivity index (χ0v) is 13.1. The lowest BCUT2D eigenvalue weighted by Crippen LogP contribution is -2.47. The SMILES string of the molecule is Br.C=CCN1CC[C@@](C)(c2ccccc2)[C@@H](C)C1. The van der Waals surface area contributed by atoms with E-state index in [1.165, 1.54) is 25.1 Å². The number of benzene rings is 1. The van der Waals surface area contributed by atoms with Gasteiger partial charge in [0.15, 0.2) is 0 Å². The molecule has 1 nitrogen and oxygen atoms in total. The van der Waals surface area contributed by atoms with Crippen LogP contribution < -0.4 is 0 Å². The molecule has 2 atom stereocenters. The fraction of sp³-hybridized carbons (Fsp3) is 0.500. The largest absolute Gasteiger partial charge is 0.299 e. The minimum atomic E-state index is 0. The number of hydrogen-bond acceptors (Lipinski definition) is 1. The highest BCUT2D eigenvalue weighted by molar-refractivity contribution is 8.93. The van der Waals surface area contributed by atoms with Crippen LogP contribution in [0.4, 0.5) is 0 Å². The summed E-state index contributed by atoms with van der Waals surface area (Å²) in [4.78, 5) is 2.50. The van der Waals surface area contributed by atoms with Gasteiger partial charge in [-0.05, 0) is 29.9 Å². The number of nitrogens with zero attached hydrogens (tertiary/aromatic N) is 1. The van der Waals surface area contributed by atoms with E-state index in [1.807, 2.05) is 6.08 Å². The molecule has 0 unspecified atom stereocenters. The molecular formula is C16H24BrN. The second kappa shape index (κ2) is 6.53. The van der Waals surface area contributed by atoms with Gasteiger partial charge in [-0.15, -0.1) is 23.6 Å². The zero-order valence-electron chi connectivity index (χ0n) is 11.4. The zero-order chi connectivity index (χ0) is 12.3. The first kappa shape index (κ1) is 15.5. The third kappa shape index (κ3) is 3.04. The molecule has 0 aliphatic carbocycles. The summed E-state index contributed by atoms with van der Waals surface area (Å²) in [6.45, 7) is 12.0. The molecule has 1 aromatic rings. The maximum absolute atomic E-state index is 3.83. The molecule has 1 fully saturated rings. The fourth-order valence-electron chi connectivity index (χ4n) is 2.91. The van der Waals surface area contributed by atoms with Crippen LogP contribution in [0.15, 0.2) is 43.0 Å². The molecule has 100 valence electrons. The van der Waals surface area contributed by atoms with Gasteiger partial charge in [-0.1, -0.05) is 50.3 Å². The molecule has 0 spiro atoms. The predicted molar refractivity (Wildman–Crippen MR) is 84.5 cm³/mol. The van der Waals surface area contributed by atoms with Crippen molar-refractivity contribution >= 4 is 17.0 Å². The second-order valence-electron chi connectivity index (χ2n) is 5.48. The Bertz CT molecular complexity index is 376. The lowest BCUT2D eigenvalue weighted by molar-refractivity contribution is 0.121. The molecule has 0 N–H and O–H groups in total. The van der Waals surface area contributed by atoms with E-state index in [0.717, 1.165) is 6.54 Å². The van der Waals surface area contributed by atoms with E-state index in [4.69, 9.17) is 0 Å². The van der Waals surface area contributed by atoms with Crippen molar-refractivity contribution in [1.29, 1.82) is 0 Å². The summed E-state index contributed by atoms with van der Waals surface area (Å²) in [7, 11) is 0. The van der Waals surface area contributed by atoms with Crippen LogP contribution in [-0.2, 0) is 5.41 Å². The maximum atomic E-state index is 3.83. The Kier molecular flexibility index (Phi) is 5.61. The summed E-state index contributed by atoms with van der Waals surface area (Å²) in [5.41, 5.74) is 1.82.